The minimum Gasteiger partial charge on any atom is -0.441 e. The molecule has 0 aliphatic carbocycles. The van der Waals surface area contributed by atoms with E-state index in [0.29, 0.717) is 12.3 Å². The standard InChI is InChI=1S/C15H15NO2S/c1-2-10-7-8-14(19-10)12(17)9-15-16-11-5-3-4-6-13(11)18-15/h3-8,12,17H,2,9H2,1H3. The van der Waals surface area contributed by atoms with Gasteiger partial charge in [-0.05, 0) is 30.7 Å². The van der Waals surface area contributed by atoms with Gasteiger partial charge in [0.05, 0.1) is 12.5 Å². The predicted octanol–water partition coefficient (Wildman–Crippen LogP) is 3.73. The number of aryl methyl sites for hydroxylation is 1. The van der Waals surface area contributed by atoms with E-state index in [0.717, 1.165) is 22.4 Å². The molecule has 1 N–H and O–H groups in total. The van der Waals surface area contributed by atoms with Crippen LogP contribution in [0, 0.1) is 0 Å². The molecule has 0 spiro atoms. The number of benzene rings is 1. The van der Waals surface area contributed by atoms with Gasteiger partial charge in [0.1, 0.15) is 5.52 Å². The van der Waals surface area contributed by atoms with E-state index < -0.39 is 6.10 Å². The Hall–Kier alpha value is -1.65. The van der Waals surface area contributed by atoms with Gasteiger partial charge in [-0.3, -0.25) is 0 Å². The van der Waals surface area contributed by atoms with Gasteiger partial charge in [0, 0.05) is 9.75 Å². The quantitative estimate of drug-likeness (QED) is 0.788. The summed E-state index contributed by atoms with van der Waals surface area (Å²) >= 11 is 1.65. The Labute approximate surface area is 115 Å². The van der Waals surface area contributed by atoms with Crippen LogP contribution in [-0.2, 0) is 12.8 Å². The fourth-order valence-corrected chi connectivity index (χ4v) is 2.98. The van der Waals surface area contributed by atoms with E-state index in [-0.39, 0.29) is 0 Å². The van der Waals surface area contributed by atoms with Crippen molar-refractivity contribution >= 4 is 22.4 Å². The highest BCUT2D eigenvalue weighted by molar-refractivity contribution is 7.12. The maximum absolute atomic E-state index is 10.2. The summed E-state index contributed by atoms with van der Waals surface area (Å²) in [6.45, 7) is 2.11. The molecule has 1 unspecified atom stereocenters. The first-order valence-electron chi connectivity index (χ1n) is 6.37. The lowest BCUT2D eigenvalue weighted by Crippen LogP contribution is -1.99. The number of fused-ring (bicyclic) bond motifs is 1. The summed E-state index contributed by atoms with van der Waals surface area (Å²) in [4.78, 5) is 6.64. The monoisotopic (exact) mass is 273 g/mol. The number of aromatic nitrogens is 1. The second-order valence-electron chi connectivity index (χ2n) is 4.45. The fourth-order valence-electron chi connectivity index (χ4n) is 2.04. The molecule has 0 amide bonds. The summed E-state index contributed by atoms with van der Waals surface area (Å²) < 4.78 is 5.63. The van der Waals surface area contributed by atoms with Crippen LogP contribution in [0.1, 0.15) is 28.7 Å². The number of rotatable bonds is 4. The van der Waals surface area contributed by atoms with E-state index in [1.807, 2.05) is 30.3 Å². The van der Waals surface area contributed by atoms with Gasteiger partial charge in [-0.1, -0.05) is 19.1 Å². The molecule has 1 atom stereocenters. The number of aliphatic hydroxyl groups excluding tert-OH is 1. The normalized spacial score (nSPS) is 12.9. The number of aliphatic hydroxyl groups is 1. The van der Waals surface area contributed by atoms with E-state index in [9.17, 15) is 5.11 Å². The molecule has 0 aliphatic heterocycles. The molecule has 4 heteroatoms. The number of hydrogen-bond acceptors (Lipinski definition) is 4. The average molecular weight is 273 g/mol. The molecule has 0 saturated carbocycles. The van der Waals surface area contributed by atoms with E-state index >= 15 is 0 Å². The van der Waals surface area contributed by atoms with E-state index in [2.05, 4.69) is 18.0 Å². The number of oxazole rings is 1. The van der Waals surface area contributed by atoms with Crippen LogP contribution in [0.5, 0.6) is 0 Å². The van der Waals surface area contributed by atoms with Gasteiger partial charge < -0.3 is 9.52 Å². The van der Waals surface area contributed by atoms with Crippen molar-refractivity contribution in [3.05, 3.63) is 52.0 Å². The average Bonchev–Trinajstić information content (AvgIpc) is 3.04. The van der Waals surface area contributed by atoms with Gasteiger partial charge >= 0.3 is 0 Å². The lowest BCUT2D eigenvalue weighted by molar-refractivity contribution is 0.173. The maximum atomic E-state index is 10.2. The van der Waals surface area contributed by atoms with Gasteiger partial charge in [-0.25, -0.2) is 4.98 Å². The van der Waals surface area contributed by atoms with E-state index in [1.165, 1.54) is 4.88 Å². The minimum atomic E-state index is -0.543. The Balaban J connectivity index is 1.80. The highest BCUT2D eigenvalue weighted by Gasteiger charge is 2.15. The Morgan fingerprint density at radius 1 is 1.26 bits per heavy atom. The molecule has 98 valence electrons. The topological polar surface area (TPSA) is 46.3 Å². The van der Waals surface area contributed by atoms with Gasteiger partial charge in [-0.2, -0.15) is 0 Å². The lowest BCUT2D eigenvalue weighted by atomic mass is 10.2. The molecular weight excluding hydrogens is 258 g/mol. The molecule has 3 rings (SSSR count). The summed E-state index contributed by atoms with van der Waals surface area (Å²) in [6.07, 6.45) is 0.872. The van der Waals surface area contributed by atoms with Crippen LogP contribution < -0.4 is 0 Å². The summed E-state index contributed by atoms with van der Waals surface area (Å²) in [5.74, 6) is 0.583. The molecule has 19 heavy (non-hydrogen) atoms. The Morgan fingerprint density at radius 2 is 2.11 bits per heavy atom. The molecule has 2 aromatic heterocycles. The molecule has 1 aromatic carbocycles. The minimum absolute atomic E-state index is 0.415. The van der Waals surface area contributed by atoms with Crippen LogP contribution in [0.15, 0.2) is 40.8 Å². The second-order valence-corrected chi connectivity index (χ2v) is 5.65. The van der Waals surface area contributed by atoms with Gasteiger partial charge in [0.15, 0.2) is 11.5 Å². The van der Waals surface area contributed by atoms with Gasteiger partial charge in [0.25, 0.3) is 0 Å². The van der Waals surface area contributed by atoms with Crippen molar-refractivity contribution in [2.24, 2.45) is 0 Å². The van der Waals surface area contributed by atoms with Gasteiger partial charge in [0.2, 0.25) is 0 Å². The Morgan fingerprint density at radius 3 is 2.84 bits per heavy atom. The first-order valence-corrected chi connectivity index (χ1v) is 7.19. The van der Waals surface area contributed by atoms with Crippen molar-refractivity contribution < 1.29 is 9.52 Å². The van der Waals surface area contributed by atoms with Crippen molar-refractivity contribution in [2.45, 2.75) is 25.9 Å². The van der Waals surface area contributed by atoms with Crippen LogP contribution in [0.3, 0.4) is 0 Å². The van der Waals surface area contributed by atoms with Crippen LogP contribution >= 0.6 is 11.3 Å². The zero-order chi connectivity index (χ0) is 13.2. The second kappa shape index (κ2) is 5.15. The third kappa shape index (κ3) is 2.55. The number of thiophene rings is 1. The number of hydrogen-bond donors (Lipinski definition) is 1. The summed E-state index contributed by atoms with van der Waals surface area (Å²) in [6, 6.07) is 11.7. The molecule has 0 radical (unpaired) electrons. The van der Waals surface area contributed by atoms with E-state index in [4.69, 9.17) is 4.42 Å². The molecule has 3 aromatic rings. The van der Waals surface area contributed by atoms with Crippen molar-refractivity contribution in [3.8, 4) is 0 Å². The SMILES string of the molecule is CCc1ccc(C(O)Cc2nc3ccccc3o2)s1. The molecule has 0 fully saturated rings. The first kappa shape index (κ1) is 12.4. The molecular formula is C15H15NO2S. The predicted molar refractivity (Wildman–Crippen MR) is 76.4 cm³/mol. The molecule has 0 saturated heterocycles. The fraction of sp³-hybridized carbons (Fsp3) is 0.267. The van der Waals surface area contributed by atoms with Crippen LogP contribution in [0.4, 0.5) is 0 Å². The van der Waals surface area contributed by atoms with Gasteiger partial charge in [-0.15, -0.1) is 11.3 Å². The molecule has 0 bridgehead atoms. The molecule has 0 aliphatic rings. The van der Waals surface area contributed by atoms with E-state index in [1.54, 1.807) is 11.3 Å². The summed E-state index contributed by atoms with van der Waals surface area (Å²) in [7, 11) is 0. The van der Waals surface area contributed by atoms with Crippen LogP contribution in [0.2, 0.25) is 0 Å². The third-order valence-electron chi connectivity index (χ3n) is 3.07. The maximum Gasteiger partial charge on any atom is 0.198 e. The third-order valence-corrected chi connectivity index (χ3v) is 4.40. The smallest absolute Gasteiger partial charge is 0.198 e. The first-order chi connectivity index (χ1) is 9.26. The molecule has 2 heterocycles. The van der Waals surface area contributed by atoms with Crippen LogP contribution in [-0.4, -0.2) is 10.1 Å². The highest BCUT2D eigenvalue weighted by Crippen LogP contribution is 2.27. The number of para-hydroxylation sites is 2. The van der Waals surface area contributed by atoms with Crippen molar-refractivity contribution in [2.75, 3.05) is 0 Å². The summed E-state index contributed by atoms with van der Waals surface area (Å²) in [5.41, 5.74) is 1.61. The Bertz CT molecular complexity index is 653. The molecule has 3 nitrogen and oxygen atoms in total. The lowest BCUT2D eigenvalue weighted by Gasteiger charge is -2.04. The number of nitrogens with zero attached hydrogens (tertiary/aromatic N) is 1. The zero-order valence-corrected chi connectivity index (χ0v) is 11.5. The highest BCUT2D eigenvalue weighted by atomic mass is 32.1. The largest absolute Gasteiger partial charge is 0.441 e. The Kier molecular flexibility index (Phi) is 3.36. The zero-order valence-electron chi connectivity index (χ0n) is 10.7. The van der Waals surface area contributed by atoms with Crippen molar-refractivity contribution in [3.63, 3.8) is 0 Å². The van der Waals surface area contributed by atoms with Crippen LogP contribution in [0.25, 0.3) is 11.1 Å². The van der Waals surface area contributed by atoms with Crippen molar-refractivity contribution in [1.29, 1.82) is 0 Å². The summed E-state index contributed by atoms with van der Waals surface area (Å²) in [5, 5.41) is 10.2. The van der Waals surface area contributed by atoms with Crippen molar-refractivity contribution in [1.82, 2.24) is 4.98 Å².